The van der Waals surface area contributed by atoms with E-state index in [0.29, 0.717) is 13.0 Å². The van der Waals surface area contributed by atoms with Gasteiger partial charge in [-0.3, -0.25) is 9.59 Å². The van der Waals surface area contributed by atoms with Crippen molar-refractivity contribution in [3.63, 3.8) is 0 Å². The van der Waals surface area contributed by atoms with Crippen LogP contribution in [0.1, 0.15) is 44.6 Å². The molecular weight excluding hydrogens is 356 g/mol. The molecule has 1 atom stereocenters. The first-order chi connectivity index (χ1) is 11.0. The number of carbonyl (C=O) groups excluding carboxylic acids is 2. The van der Waals surface area contributed by atoms with Crippen LogP contribution in [0.15, 0.2) is 28.7 Å². The molecule has 2 N–H and O–H groups in total. The van der Waals surface area contributed by atoms with Crippen LogP contribution in [0.5, 0.6) is 0 Å². The highest BCUT2D eigenvalue weighted by atomic mass is 79.9. The van der Waals surface area contributed by atoms with Gasteiger partial charge in [-0.1, -0.05) is 40.9 Å². The van der Waals surface area contributed by atoms with Crippen LogP contribution in [-0.4, -0.2) is 24.4 Å². The van der Waals surface area contributed by atoms with Crippen molar-refractivity contribution in [1.82, 2.24) is 10.6 Å². The third kappa shape index (κ3) is 6.34. The molecule has 0 aliphatic heterocycles. The maximum atomic E-state index is 11.9. The number of rotatable bonds is 7. The lowest BCUT2D eigenvalue weighted by molar-refractivity contribution is -0.125. The highest BCUT2D eigenvalue weighted by Crippen LogP contribution is 2.24. The van der Waals surface area contributed by atoms with E-state index in [1.807, 2.05) is 19.1 Å². The highest BCUT2D eigenvalue weighted by molar-refractivity contribution is 9.10. The molecular formula is C18H25BrN2O2. The number of halogens is 1. The Morgan fingerprint density at radius 3 is 2.52 bits per heavy atom. The van der Waals surface area contributed by atoms with Crippen LogP contribution < -0.4 is 10.6 Å². The number of nitrogens with one attached hydrogen (secondary N) is 2. The fourth-order valence-electron chi connectivity index (χ4n) is 3.00. The molecule has 23 heavy (non-hydrogen) atoms. The Kier molecular flexibility index (Phi) is 7.09. The van der Waals surface area contributed by atoms with E-state index < -0.39 is 0 Å². The molecule has 0 saturated heterocycles. The van der Waals surface area contributed by atoms with Crippen molar-refractivity contribution in [1.29, 1.82) is 0 Å². The largest absolute Gasteiger partial charge is 0.355 e. The Balaban J connectivity index is 1.63. The van der Waals surface area contributed by atoms with Gasteiger partial charge in [-0.15, -0.1) is 0 Å². The number of benzene rings is 1. The fourth-order valence-corrected chi connectivity index (χ4v) is 3.27. The van der Waals surface area contributed by atoms with E-state index in [4.69, 9.17) is 0 Å². The lowest BCUT2D eigenvalue weighted by atomic mass is 10.1. The minimum atomic E-state index is -0.0127. The number of hydrogen-bond acceptors (Lipinski definition) is 2. The summed E-state index contributed by atoms with van der Waals surface area (Å²) in [6.45, 7) is 2.42. The maximum absolute atomic E-state index is 11.9. The van der Waals surface area contributed by atoms with E-state index in [1.54, 1.807) is 0 Å². The fraction of sp³-hybridized carbons (Fsp3) is 0.556. The second kappa shape index (κ2) is 9.06. The molecule has 4 nitrogen and oxygen atoms in total. The van der Waals surface area contributed by atoms with Crippen molar-refractivity contribution < 1.29 is 9.59 Å². The summed E-state index contributed by atoms with van der Waals surface area (Å²) in [7, 11) is 0. The van der Waals surface area contributed by atoms with Gasteiger partial charge in [0.2, 0.25) is 11.8 Å². The molecule has 1 aromatic carbocycles. The summed E-state index contributed by atoms with van der Waals surface area (Å²) in [5, 5.41) is 5.86. The van der Waals surface area contributed by atoms with Gasteiger partial charge in [0.25, 0.3) is 0 Å². The Labute approximate surface area is 146 Å². The van der Waals surface area contributed by atoms with Crippen LogP contribution in [0.25, 0.3) is 0 Å². The average molecular weight is 381 g/mol. The van der Waals surface area contributed by atoms with E-state index >= 15 is 0 Å². The molecule has 1 fully saturated rings. The van der Waals surface area contributed by atoms with E-state index in [1.165, 1.54) is 5.56 Å². The predicted octanol–water partition coefficient (Wildman–Crippen LogP) is 3.19. The van der Waals surface area contributed by atoms with Crippen molar-refractivity contribution in [3.05, 3.63) is 34.3 Å². The Bertz CT molecular complexity index is 524. The SMILES string of the molecule is C[C@@H](Cc1ccc(Br)cc1)NC(=O)CCNC(=O)C1CCCC1. The number of carbonyl (C=O) groups is 2. The predicted molar refractivity (Wildman–Crippen MR) is 95.0 cm³/mol. The molecule has 0 heterocycles. The Morgan fingerprint density at radius 2 is 1.87 bits per heavy atom. The monoisotopic (exact) mass is 380 g/mol. The average Bonchev–Trinajstić information content (AvgIpc) is 3.03. The molecule has 0 aromatic heterocycles. The minimum Gasteiger partial charge on any atom is -0.355 e. The van der Waals surface area contributed by atoms with Crippen LogP contribution in [-0.2, 0) is 16.0 Å². The first-order valence-electron chi connectivity index (χ1n) is 8.36. The standard InChI is InChI=1S/C18H25BrN2O2/c1-13(12-14-6-8-16(19)9-7-14)21-17(22)10-11-20-18(23)15-4-2-3-5-15/h6-9,13,15H,2-5,10-12H2,1H3,(H,20,23)(H,21,22)/t13-/m0/s1. The molecule has 2 rings (SSSR count). The molecule has 2 amide bonds. The summed E-state index contributed by atoms with van der Waals surface area (Å²) in [4.78, 5) is 23.8. The summed E-state index contributed by atoms with van der Waals surface area (Å²) in [6.07, 6.45) is 5.40. The summed E-state index contributed by atoms with van der Waals surface area (Å²) in [5.41, 5.74) is 1.19. The zero-order valence-electron chi connectivity index (χ0n) is 13.6. The lowest BCUT2D eigenvalue weighted by Crippen LogP contribution is -2.37. The third-order valence-corrected chi connectivity index (χ3v) is 4.77. The topological polar surface area (TPSA) is 58.2 Å². The quantitative estimate of drug-likeness (QED) is 0.762. The molecule has 1 aliphatic rings. The highest BCUT2D eigenvalue weighted by Gasteiger charge is 2.22. The smallest absolute Gasteiger partial charge is 0.223 e. The number of hydrogen-bond donors (Lipinski definition) is 2. The lowest BCUT2D eigenvalue weighted by Gasteiger charge is -2.15. The summed E-state index contributed by atoms with van der Waals surface area (Å²) in [6, 6.07) is 8.18. The summed E-state index contributed by atoms with van der Waals surface area (Å²) >= 11 is 3.41. The van der Waals surface area contributed by atoms with Gasteiger partial charge in [0.15, 0.2) is 0 Å². The van der Waals surface area contributed by atoms with Gasteiger partial charge in [-0.05, 0) is 43.9 Å². The minimum absolute atomic E-state index is 0.0127. The first kappa shape index (κ1) is 18.0. The van der Waals surface area contributed by atoms with E-state index in [9.17, 15) is 9.59 Å². The molecule has 1 aromatic rings. The second-order valence-electron chi connectivity index (χ2n) is 6.32. The molecule has 0 unspecified atom stereocenters. The zero-order valence-corrected chi connectivity index (χ0v) is 15.2. The van der Waals surface area contributed by atoms with Crippen LogP contribution in [0.3, 0.4) is 0 Å². The molecule has 126 valence electrons. The molecule has 0 bridgehead atoms. The van der Waals surface area contributed by atoms with E-state index in [2.05, 4.69) is 38.7 Å². The molecule has 1 aliphatic carbocycles. The van der Waals surface area contributed by atoms with Crippen molar-refractivity contribution in [2.24, 2.45) is 5.92 Å². The second-order valence-corrected chi connectivity index (χ2v) is 7.24. The van der Waals surface area contributed by atoms with E-state index in [-0.39, 0.29) is 23.8 Å². The number of amides is 2. The van der Waals surface area contributed by atoms with Gasteiger partial charge in [-0.25, -0.2) is 0 Å². The van der Waals surface area contributed by atoms with Crippen LogP contribution in [0, 0.1) is 5.92 Å². The van der Waals surface area contributed by atoms with Crippen molar-refractivity contribution in [3.8, 4) is 0 Å². The maximum Gasteiger partial charge on any atom is 0.223 e. The van der Waals surface area contributed by atoms with Crippen LogP contribution in [0.2, 0.25) is 0 Å². The third-order valence-electron chi connectivity index (χ3n) is 4.24. The Morgan fingerprint density at radius 1 is 1.22 bits per heavy atom. The van der Waals surface area contributed by atoms with Crippen LogP contribution >= 0.6 is 15.9 Å². The van der Waals surface area contributed by atoms with Gasteiger partial charge < -0.3 is 10.6 Å². The van der Waals surface area contributed by atoms with E-state index in [0.717, 1.165) is 36.6 Å². The first-order valence-corrected chi connectivity index (χ1v) is 9.15. The van der Waals surface area contributed by atoms with Gasteiger partial charge in [0.1, 0.15) is 0 Å². The summed E-state index contributed by atoms with van der Waals surface area (Å²) < 4.78 is 1.05. The van der Waals surface area contributed by atoms with Gasteiger partial charge in [0.05, 0.1) is 0 Å². The zero-order chi connectivity index (χ0) is 16.7. The van der Waals surface area contributed by atoms with Gasteiger partial charge in [0, 0.05) is 29.4 Å². The van der Waals surface area contributed by atoms with Crippen LogP contribution in [0.4, 0.5) is 0 Å². The molecule has 0 spiro atoms. The summed E-state index contributed by atoms with van der Waals surface area (Å²) in [5.74, 6) is 0.258. The van der Waals surface area contributed by atoms with Crippen molar-refractivity contribution in [2.75, 3.05) is 6.54 Å². The molecule has 1 saturated carbocycles. The van der Waals surface area contributed by atoms with Gasteiger partial charge in [-0.2, -0.15) is 0 Å². The normalized spacial score (nSPS) is 16.1. The molecule has 0 radical (unpaired) electrons. The molecule has 5 heteroatoms. The van der Waals surface area contributed by atoms with Crippen molar-refractivity contribution >= 4 is 27.7 Å². The Hall–Kier alpha value is -1.36. The van der Waals surface area contributed by atoms with Gasteiger partial charge >= 0.3 is 0 Å². The van der Waals surface area contributed by atoms with Crippen molar-refractivity contribution in [2.45, 2.75) is 51.5 Å².